The van der Waals surface area contributed by atoms with Crippen LogP contribution in [-0.4, -0.2) is 38.4 Å². The number of nitrogens with two attached hydrogens (primary N) is 1. The van der Waals surface area contributed by atoms with E-state index in [1.807, 2.05) is 0 Å². The third kappa shape index (κ3) is 3.89. The SMILES string of the molecule is CNC(=O)C=C(N)c1ncc(NC(=O)C2CC(C)(C)c3c2cnc2cc(Cl)nn32)cc1Cl. The van der Waals surface area contributed by atoms with Crippen molar-refractivity contribution in [1.29, 1.82) is 0 Å². The van der Waals surface area contributed by atoms with Crippen LogP contribution in [-0.2, 0) is 15.0 Å². The van der Waals surface area contributed by atoms with Crippen molar-refractivity contribution < 1.29 is 9.59 Å². The first kappa shape index (κ1) is 22.0. The predicted molar refractivity (Wildman–Crippen MR) is 122 cm³/mol. The fourth-order valence-electron chi connectivity index (χ4n) is 4.03. The number of hydrogen-bond donors (Lipinski definition) is 3. The molecule has 3 heterocycles. The van der Waals surface area contributed by atoms with Crippen molar-refractivity contribution >= 4 is 52.0 Å². The maximum absolute atomic E-state index is 13.2. The highest BCUT2D eigenvalue weighted by molar-refractivity contribution is 6.32. The molecule has 0 radical (unpaired) electrons. The van der Waals surface area contributed by atoms with Crippen LogP contribution in [0.5, 0.6) is 0 Å². The molecule has 1 aliphatic rings. The molecule has 3 aromatic rings. The number of rotatable bonds is 4. The molecule has 11 heteroatoms. The van der Waals surface area contributed by atoms with Gasteiger partial charge in [0.1, 0.15) is 5.69 Å². The van der Waals surface area contributed by atoms with Gasteiger partial charge in [-0.25, -0.2) is 9.50 Å². The van der Waals surface area contributed by atoms with Crippen molar-refractivity contribution in [3.63, 3.8) is 0 Å². The van der Waals surface area contributed by atoms with Crippen LogP contribution in [0, 0.1) is 0 Å². The molecule has 1 atom stereocenters. The number of aromatic nitrogens is 4. The van der Waals surface area contributed by atoms with E-state index in [9.17, 15) is 9.59 Å². The van der Waals surface area contributed by atoms with Gasteiger partial charge in [-0.1, -0.05) is 37.0 Å². The van der Waals surface area contributed by atoms with E-state index in [0.29, 0.717) is 22.9 Å². The van der Waals surface area contributed by atoms with Crippen LogP contribution in [0.25, 0.3) is 11.3 Å². The van der Waals surface area contributed by atoms with Gasteiger partial charge < -0.3 is 16.4 Å². The number of halogens is 2. The van der Waals surface area contributed by atoms with Gasteiger partial charge in [0.15, 0.2) is 10.8 Å². The van der Waals surface area contributed by atoms with Crippen molar-refractivity contribution in [2.24, 2.45) is 5.73 Å². The largest absolute Gasteiger partial charge is 0.397 e. The topological polar surface area (TPSA) is 127 Å². The highest BCUT2D eigenvalue weighted by Crippen LogP contribution is 2.46. The predicted octanol–water partition coefficient (Wildman–Crippen LogP) is 2.88. The van der Waals surface area contributed by atoms with Crippen LogP contribution in [0.15, 0.2) is 30.6 Å². The zero-order chi connectivity index (χ0) is 23.2. The van der Waals surface area contributed by atoms with E-state index in [-0.39, 0.29) is 33.6 Å². The quantitative estimate of drug-likeness (QED) is 0.499. The number of likely N-dealkylation sites (N-methyl/N-ethyl adjacent to an activating group) is 1. The number of carbonyl (C=O) groups excluding carboxylic acids is 2. The highest BCUT2D eigenvalue weighted by atomic mass is 35.5. The van der Waals surface area contributed by atoms with E-state index in [1.165, 1.54) is 19.3 Å². The fourth-order valence-corrected chi connectivity index (χ4v) is 4.48. The molecule has 9 nitrogen and oxygen atoms in total. The van der Waals surface area contributed by atoms with Crippen molar-refractivity contribution in [2.45, 2.75) is 31.6 Å². The van der Waals surface area contributed by atoms with Crippen LogP contribution < -0.4 is 16.4 Å². The van der Waals surface area contributed by atoms with Crippen LogP contribution in [0.2, 0.25) is 10.2 Å². The van der Waals surface area contributed by atoms with E-state index in [4.69, 9.17) is 28.9 Å². The third-order valence-electron chi connectivity index (χ3n) is 5.44. The molecule has 0 aliphatic heterocycles. The lowest BCUT2D eigenvalue weighted by Gasteiger charge is -2.19. The van der Waals surface area contributed by atoms with Crippen LogP contribution in [0.3, 0.4) is 0 Å². The number of nitrogens with zero attached hydrogens (tertiary/aromatic N) is 4. The number of amides is 2. The Labute approximate surface area is 194 Å². The summed E-state index contributed by atoms with van der Waals surface area (Å²) in [7, 11) is 1.49. The summed E-state index contributed by atoms with van der Waals surface area (Å²) < 4.78 is 1.71. The molecular formula is C21H21Cl2N7O2. The number of carbonyl (C=O) groups is 2. The summed E-state index contributed by atoms with van der Waals surface area (Å²) in [6.07, 6.45) is 4.92. The zero-order valence-corrected chi connectivity index (χ0v) is 19.1. The third-order valence-corrected chi connectivity index (χ3v) is 5.92. The van der Waals surface area contributed by atoms with E-state index in [0.717, 1.165) is 11.3 Å². The minimum atomic E-state index is -0.434. The van der Waals surface area contributed by atoms with E-state index in [1.54, 1.807) is 22.8 Å². The van der Waals surface area contributed by atoms with Gasteiger partial charge in [-0.15, -0.1) is 0 Å². The standard InChI is InChI=1S/C21H21Cl2N7O2/c1-21(2)7-11(12-9-26-16-6-15(23)29-30(16)19(12)21)20(32)28-10-4-13(22)18(27-8-10)14(24)5-17(31)25-3/h4-6,8-9,11H,7,24H2,1-3H3,(H,25,31)(H,28,32). The lowest BCUT2D eigenvalue weighted by molar-refractivity contribution is -0.118. The molecular weight excluding hydrogens is 453 g/mol. The average Bonchev–Trinajstić information content (AvgIpc) is 3.23. The minimum absolute atomic E-state index is 0.117. The number of pyridine rings is 1. The Bertz CT molecular complexity index is 1280. The summed E-state index contributed by atoms with van der Waals surface area (Å²) in [6.45, 7) is 4.12. The second kappa shape index (κ2) is 8.07. The molecule has 32 heavy (non-hydrogen) atoms. The van der Waals surface area contributed by atoms with E-state index < -0.39 is 5.92 Å². The molecule has 0 spiro atoms. The maximum atomic E-state index is 13.2. The molecule has 0 aromatic carbocycles. The first-order valence-corrected chi connectivity index (χ1v) is 10.6. The summed E-state index contributed by atoms with van der Waals surface area (Å²) in [5.41, 5.74) is 8.71. The molecule has 166 valence electrons. The molecule has 0 fully saturated rings. The van der Waals surface area contributed by atoms with Gasteiger partial charge in [0.2, 0.25) is 11.8 Å². The van der Waals surface area contributed by atoms with Crippen LogP contribution in [0.1, 0.15) is 43.1 Å². The van der Waals surface area contributed by atoms with Crippen molar-refractivity contribution in [3.05, 3.63) is 57.7 Å². The summed E-state index contributed by atoms with van der Waals surface area (Å²) >= 11 is 12.4. The number of fused-ring (bicyclic) bond motifs is 3. The van der Waals surface area contributed by atoms with Gasteiger partial charge >= 0.3 is 0 Å². The Morgan fingerprint density at radius 2 is 2.00 bits per heavy atom. The number of anilines is 1. The monoisotopic (exact) mass is 473 g/mol. The van der Waals surface area contributed by atoms with Gasteiger partial charge in [-0.05, 0) is 12.5 Å². The molecule has 4 rings (SSSR count). The zero-order valence-electron chi connectivity index (χ0n) is 17.6. The smallest absolute Gasteiger partial charge is 0.245 e. The number of nitrogens with one attached hydrogen (secondary N) is 2. The molecule has 4 N–H and O–H groups in total. The lowest BCUT2D eigenvalue weighted by Crippen LogP contribution is -2.22. The summed E-state index contributed by atoms with van der Waals surface area (Å²) in [6, 6.07) is 3.23. The first-order chi connectivity index (χ1) is 15.1. The van der Waals surface area contributed by atoms with Crippen LogP contribution in [0.4, 0.5) is 5.69 Å². The second-order valence-corrected chi connectivity index (χ2v) is 8.99. The van der Waals surface area contributed by atoms with Gasteiger partial charge in [-0.2, -0.15) is 5.10 Å². The second-order valence-electron chi connectivity index (χ2n) is 8.20. The Hall–Kier alpha value is -3.17. The first-order valence-electron chi connectivity index (χ1n) is 9.81. The Morgan fingerprint density at radius 3 is 2.69 bits per heavy atom. The molecule has 1 aliphatic carbocycles. The Morgan fingerprint density at radius 1 is 1.25 bits per heavy atom. The van der Waals surface area contributed by atoms with E-state index >= 15 is 0 Å². The van der Waals surface area contributed by atoms with Gasteiger partial charge in [-0.3, -0.25) is 14.6 Å². The van der Waals surface area contributed by atoms with Crippen molar-refractivity contribution in [2.75, 3.05) is 12.4 Å². The normalized spacial score (nSPS) is 17.3. The van der Waals surface area contributed by atoms with Crippen LogP contribution >= 0.6 is 23.2 Å². The average molecular weight is 474 g/mol. The minimum Gasteiger partial charge on any atom is -0.397 e. The van der Waals surface area contributed by atoms with Crippen molar-refractivity contribution in [1.82, 2.24) is 24.9 Å². The van der Waals surface area contributed by atoms with Gasteiger partial charge in [0.25, 0.3) is 0 Å². The summed E-state index contributed by atoms with van der Waals surface area (Å²) in [4.78, 5) is 33.3. The summed E-state index contributed by atoms with van der Waals surface area (Å²) in [5.74, 6) is -1.02. The molecule has 0 saturated carbocycles. The molecule has 1 unspecified atom stereocenters. The Balaban J connectivity index is 1.61. The lowest BCUT2D eigenvalue weighted by atomic mass is 9.88. The summed E-state index contributed by atoms with van der Waals surface area (Å²) in [5, 5.41) is 10.2. The van der Waals surface area contributed by atoms with Gasteiger partial charge in [0, 0.05) is 36.4 Å². The highest BCUT2D eigenvalue weighted by Gasteiger charge is 2.43. The van der Waals surface area contributed by atoms with Gasteiger partial charge in [0.05, 0.1) is 34.2 Å². The molecule has 0 bridgehead atoms. The maximum Gasteiger partial charge on any atom is 0.245 e. The molecule has 2 amide bonds. The number of hydrogen-bond acceptors (Lipinski definition) is 6. The van der Waals surface area contributed by atoms with Crippen molar-refractivity contribution in [3.8, 4) is 0 Å². The molecule has 3 aromatic heterocycles. The fraction of sp³-hybridized carbons (Fsp3) is 0.286. The molecule has 0 saturated heterocycles. The Kier molecular flexibility index (Phi) is 5.56. The van der Waals surface area contributed by atoms with E-state index in [2.05, 4.69) is 39.5 Å².